The first-order valence-electron chi connectivity index (χ1n) is 5.53. The zero-order chi connectivity index (χ0) is 10.6. The quantitative estimate of drug-likeness (QED) is 0.706. The number of rotatable bonds is 3. The molecule has 0 aromatic heterocycles. The van der Waals surface area contributed by atoms with E-state index < -0.39 is 0 Å². The van der Waals surface area contributed by atoms with Gasteiger partial charge in [0.2, 0.25) is 0 Å². The van der Waals surface area contributed by atoms with Gasteiger partial charge in [0.15, 0.2) is 0 Å². The normalized spacial score (nSPS) is 27.7. The molecule has 0 aromatic carbocycles. The maximum Gasteiger partial charge on any atom is 0.306 e. The van der Waals surface area contributed by atoms with Crippen molar-refractivity contribution >= 4 is 5.97 Å². The molecule has 1 fully saturated rings. The summed E-state index contributed by atoms with van der Waals surface area (Å²) in [6.07, 6.45) is 4.85. The topological polar surface area (TPSA) is 52.3 Å². The second kappa shape index (κ2) is 5.35. The standard InChI is InChI=1S/C11H21NO2/c1-8(2)14-11(13)7-9-3-5-10(12)6-4-9/h8-10H,3-7,12H2,1-2H3. The summed E-state index contributed by atoms with van der Waals surface area (Å²) in [5.74, 6) is 0.446. The monoisotopic (exact) mass is 199 g/mol. The van der Waals surface area contributed by atoms with Crippen molar-refractivity contribution in [3.8, 4) is 0 Å². The van der Waals surface area contributed by atoms with Crippen molar-refractivity contribution in [2.24, 2.45) is 11.7 Å². The summed E-state index contributed by atoms with van der Waals surface area (Å²) in [5, 5.41) is 0. The molecule has 0 spiro atoms. The maximum absolute atomic E-state index is 11.3. The smallest absolute Gasteiger partial charge is 0.306 e. The molecule has 0 radical (unpaired) electrons. The van der Waals surface area contributed by atoms with Crippen LogP contribution >= 0.6 is 0 Å². The van der Waals surface area contributed by atoms with Gasteiger partial charge in [-0.3, -0.25) is 4.79 Å². The van der Waals surface area contributed by atoms with Crippen LogP contribution in [0.25, 0.3) is 0 Å². The lowest BCUT2D eigenvalue weighted by Gasteiger charge is -2.25. The Morgan fingerprint density at radius 1 is 1.36 bits per heavy atom. The Labute approximate surface area is 86.0 Å². The Morgan fingerprint density at radius 3 is 2.43 bits per heavy atom. The van der Waals surface area contributed by atoms with Crippen molar-refractivity contribution in [3.63, 3.8) is 0 Å². The molecule has 1 aliphatic carbocycles. The molecule has 1 saturated carbocycles. The van der Waals surface area contributed by atoms with Crippen molar-refractivity contribution in [2.45, 2.75) is 58.1 Å². The van der Waals surface area contributed by atoms with E-state index >= 15 is 0 Å². The fourth-order valence-corrected chi connectivity index (χ4v) is 1.94. The van der Waals surface area contributed by atoms with Gasteiger partial charge in [0, 0.05) is 12.5 Å². The summed E-state index contributed by atoms with van der Waals surface area (Å²) < 4.78 is 5.11. The van der Waals surface area contributed by atoms with E-state index in [1.807, 2.05) is 13.8 Å². The lowest BCUT2D eigenvalue weighted by atomic mass is 9.84. The number of carbonyl (C=O) groups excluding carboxylic acids is 1. The summed E-state index contributed by atoms with van der Waals surface area (Å²) in [7, 11) is 0. The van der Waals surface area contributed by atoms with E-state index in [1.54, 1.807) is 0 Å². The van der Waals surface area contributed by atoms with Gasteiger partial charge < -0.3 is 10.5 Å². The fraction of sp³-hybridized carbons (Fsp3) is 0.909. The van der Waals surface area contributed by atoms with Crippen LogP contribution in [0.2, 0.25) is 0 Å². The van der Waals surface area contributed by atoms with E-state index in [1.165, 1.54) is 0 Å². The zero-order valence-corrected chi connectivity index (χ0v) is 9.16. The van der Waals surface area contributed by atoms with Crippen molar-refractivity contribution in [1.82, 2.24) is 0 Å². The lowest BCUT2D eigenvalue weighted by molar-refractivity contribution is -0.148. The highest BCUT2D eigenvalue weighted by Gasteiger charge is 2.21. The first-order chi connectivity index (χ1) is 6.58. The number of carbonyl (C=O) groups is 1. The van der Waals surface area contributed by atoms with Crippen molar-refractivity contribution in [1.29, 1.82) is 0 Å². The summed E-state index contributed by atoms with van der Waals surface area (Å²) in [6, 6.07) is 0.354. The van der Waals surface area contributed by atoms with E-state index in [0.717, 1.165) is 25.7 Å². The van der Waals surface area contributed by atoms with Crippen LogP contribution in [0.5, 0.6) is 0 Å². The second-order valence-corrected chi connectivity index (χ2v) is 4.52. The Bertz CT molecular complexity index is 184. The highest BCUT2D eigenvalue weighted by Crippen LogP contribution is 2.26. The second-order valence-electron chi connectivity index (χ2n) is 4.52. The van der Waals surface area contributed by atoms with Crippen LogP contribution in [0.4, 0.5) is 0 Å². The van der Waals surface area contributed by atoms with E-state index in [9.17, 15) is 4.79 Å². The third-order valence-electron chi connectivity index (χ3n) is 2.71. The first kappa shape index (κ1) is 11.5. The predicted molar refractivity (Wildman–Crippen MR) is 55.8 cm³/mol. The molecular weight excluding hydrogens is 178 g/mol. The van der Waals surface area contributed by atoms with Crippen LogP contribution in [0, 0.1) is 5.92 Å². The third-order valence-corrected chi connectivity index (χ3v) is 2.71. The average molecular weight is 199 g/mol. The molecule has 0 aliphatic heterocycles. The van der Waals surface area contributed by atoms with Crippen molar-refractivity contribution in [2.75, 3.05) is 0 Å². The van der Waals surface area contributed by atoms with Gasteiger partial charge in [0.25, 0.3) is 0 Å². The number of esters is 1. The van der Waals surface area contributed by atoms with Crippen LogP contribution in [0.1, 0.15) is 46.0 Å². The molecule has 0 atom stereocenters. The highest BCUT2D eigenvalue weighted by atomic mass is 16.5. The molecular formula is C11H21NO2. The minimum Gasteiger partial charge on any atom is -0.463 e. The summed E-state index contributed by atoms with van der Waals surface area (Å²) >= 11 is 0. The van der Waals surface area contributed by atoms with E-state index in [0.29, 0.717) is 18.4 Å². The lowest BCUT2D eigenvalue weighted by Crippen LogP contribution is -2.28. The Kier molecular flexibility index (Phi) is 4.39. The molecule has 1 aliphatic rings. The van der Waals surface area contributed by atoms with E-state index in [4.69, 9.17) is 10.5 Å². The number of nitrogens with two attached hydrogens (primary N) is 1. The van der Waals surface area contributed by atoms with Crippen LogP contribution < -0.4 is 5.73 Å². The van der Waals surface area contributed by atoms with Crippen LogP contribution in [0.3, 0.4) is 0 Å². The largest absolute Gasteiger partial charge is 0.463 e. The summed E-state index contributed by atoms with van der Waals surface area (Å²) in [5.41, 5.74) is 5.79. The van der Waals surface area contributed by atoms with Crippen molar-refractivity contribution < 1.29 is 9.53 Å². The number of hydrogen-bond acceptors (Lipinski definition) is 3. The summed E-state index contributed by atoms with van der Waals surface area (Å²) in [6.45, 7) is 3.77. The molecule has 0 heterocycles. The third kappa shape index (κ3) is 4.09. The van der Waals surface area contributed by atoms with E-state index in [2.05, 4.69) is 0 Å². The molecule has 0 saturated heterocycles. The SMILES string of the molecule is CC(C)OC(=O)CC1CCC(N)CC1. The van der Waals surface area contributed by atoms with Crippen molar-refractivity contribution in [3.05, 3.63) is 0 Å². The van der Waals surface area contributed by atoms with Gasteiger partial charge in [-0.05, 0) is 45.4 Å². The number of hydrogen-bond donors (Lipinski definition) is 1. The summed E-state index contributed by atoms with van der Waals surface area (Å²) in [4.78, 5) is 11.3. The molecule has 82 valence electrons. The molecule has 0 unspecified atom stereocenters. The Balaban J connectivity index is 2.20. The fourth-order valence-electron chi connectivity index (χ4n) is 1.94. The molecule has 1 rings (SSSR count). The van der Waals surface area contributed by atoms with Gasteiger partial charge in [0.05, 0.1) is 6.10 Å². The number of ether oxygens (including phenoxy) is 1. The maximum atomic E-state index is 11.3. The minimum atomic E-state index is -0.0551. The first-order valence-corrected chi connectivity index (χ1v) is 5.53. The molecule has 0 bridgehead atoms. The highest BCUT2D eigenvalue weighted by molar-refractivity contribution is 5.69. The van der Waals surface area contributed by atoms with Gasteiger partial charge >= 0.3 is 5.97 Å². The van der Waals surface area contributed by atoms with Gasteiger partial charge in [-0.2, -0.15) is 0 Å². The predicted octanol–water partition coefficient (Wildman–Crippen LogP) is 1.85. The molecule has 14 heavy (non-hydrogen) atoms. The molecule has 3 heteroatoms. The van der Waals surface area contributed by atoms with E-state index in [-0.39, 0.29) is 12.1 Å². The van der Waals surface area contributed by atoms with Gasteiger partial charge in [0.1, 0.15) is 0 Å². The molecule has 3 nitrogen and oxygen atoms in total. The van der Waals surface area contributed by atoms with Gasteiger partial charge in [-0.25, -0.2) is 0 Å². The Morgan fingerprint density at radius 2 is 1.93 bits per heavy atom. The van der Waals surface area contributed by atoms with Crippen LogP contribution in [-0.4, -0.2) is 18.1 Å². The minimum absolute atomic E-state index is 0.00773. The van der Waals surface area contributed by atoms with Crippen LogP contribution in [-0.2, 0) is 9.53 Å². The van der Waals surface area contributed by atoms with Gasteiger partial charge in [-0.15, -0.1) is 0 Å². The zero-order valence-electron chi connectivity index (χ0n) is 9.16. The molecule has 0 aromatic rings. The van der Waals surface area contributed by atoms with Gasteiger partial charge in [-0.1, -0.05) is 0 Å². The Hall–Kier alpha value is -0.570. The molecule has 0 amide bonds. The average Bonchev–Trinajstić information content (AvgIpc) is 2.07. The molecule has 2 N–H and O–H groups in total. The van der Waals surface area contributed by atoms with Crippen LogP contribution in [0.15, 0.2) is 0 Å².